The van der Waals surface area contributed by atoms with Crippen LogP contribution in [0.3, 0.4) is 0 Å². The van der Waals surface area contributed by atoms with Crippen molar-refractivity contribution in [1.82, 2.24) is 5.32 Å². The predicted octanol–water partition coefficient (Wildman–Crippen LogP) is 0.948. The largest absolute Gasteiger partial charge is 0.356 e. The first kappa shape index (κ1) is 8.20. The fourth-order valence-electron chi connectivity index (χ4n) is 0.331. The van der Waals surface area contributed by atoms with Gasteiger partial charge in [0.2, 0.25) is 5.91 Å². The summed E-state index contributed by atoms with van der Waals surface area (Å²) < 4.78 is 1.11. The minimum atomic E-state index is 0.0647. The van der Waals surface area contributed by atoms with Gasteiger partial charge in [0, 0.05) is 17.9 Å². The maximum Gasteiger partial charge on any atom is 0.216 e. The molecule has 1 amide bonds. The van der Waals surface area contributed by atoms with Crippen LogP contribution >= 0.6 is 22.6 Å². The molecule has 0 bridgehead atoms. The van der Waals surface area contributed by atoms with Gasteiger partial charge in [-0.1, -0.05) is 22.6 Å². The minimum Gasteiger partial charge on any atom is -0.356 e. The van der Waals surface area contributed by atoms with Gasteiger partial charge in [-0.25, -0.2) is 0 Å². The Labute approximate surface area is 63.2 Å². The summed E-state index contributed by atoms with van der Waals surface area (Å²) in [7, 11) is 0. The predicted molar refractivity (Wildman–Crippen MR) is 42.2 cm³/mol. The van der Waals surface area contributed by atoms with E-state index < -0.39 is 0 Å². The molecule has 0 aromatic carbocycles. The van der Waals surface area contributed by atoms with Crippen molar-refractivity contribution in [2.45, 2.75) is 13.3 Å². The van der Waals surface area contributed by atoms with E-state index >= 15 is 0 Å². The number of hydrogen-bond donors (Lipinski definition) is 1. The topological polar surface area (TPSA) is 29.1 Å². The zero-order valence-electron chi connectivity index (χ0n) is 4.91. The third-order valence-electron chi connectivity index (χ3n) is 0.684. The summed E-state index contributed by atoms with van der Waals surface area (Å²) in [5.74, 6) is 0.0647. The molecule has 0 aliphatic rings. The molecule has 0 radical (unpaired) electrons. The van der Waals surface area contributed by atoms with E-state index in [2.05, 4.69) is 27.9 Å². The van der Waals surface area contributed by atoms with Crippen molar-refractivity contribution in [2.24, 2.45) is 0 Å². The van der Waals surface area contributed by atoms with Crippen molar-refractivity contribution >= 4 is 28.5 Å². The molecule has 0 unspecified atom stereocenters. The molecule has 0 atom stereocenters. The maximum atomic E-state index is 10.2. The molecule has 0 saturated carbocycles. The van der Waals surface area contributed by atoms with Crippen molar-refractivity contribution in [2.75, 3.05) is 11.0 Å². The zero-order valence-corrected chi connectivity index (χ0v) is 7.07. The molecule has 0 fully saturated rings. The number of rotatable bonds is 3. The number of carbonyl (C=O) groups excluding carboxylic acids is 1. The van der Waals surface area contributed by atoms with Crippen LogP contribution in [0.5, 0.6) is 0 Å². The number of alkyl halides is 1. The molecule has 0 saturated heterocycles. The van der Waals surface area contributed by atoms with Gasteiger partial charge in [-0.3, -0.25) is 4.79 Å². The lowest BCUT2D eigenvalue weighted by Gasteiger charge is -1.95. The van der Waals surface area contributed by atoms with Crippen LogP contribution in [0.25, 0.3) is 0 Å². The summed E-state index contributed by atoms with van der Waals surface area (Å²) in [6.45, 7) is 2.35. The van der Waals surface area contributed by atoms with Gasteiger partial charge in [-0.05, 0) is 6.42 Å². The Morgan fingerprint density at radius 3 is 2.75 bits per heavy atom. The molecule has 0 aromatic heterocycles. The standard InChI is InChI=1S/C5H10INO/c1-5(8)7-4-2-3-6/h2-4H2,1H3,(H,7,8). The molecule has 48 valence electrons. The summed E-state index contributed by atoms with van der Waals surface area (Å²) in [4.78, 5) is 10.2. The summed E-state index contributed by atoms with van der Waals surface area (Å²) >= 11 is 2.28. The fraction of sp³-hybridized carbons (Fsp3) is 0.800. The van der Waals surface area contributed by atoms with Crippen LogP contribution in [0.4, 0.5) is 0 Å². The van der Waals surface area contributed by atoms with Gasteiger partial charge in [-0.2, -0.15) is 0 Å². The molecule has 0 aliphatic carbocycles. The SMILES string of the molecule is CC(=O)NCCCI. The van der Waals surface area contributed by atoms with Gasteiger partial charge >= 0.3 is 0 Å². The Morgan fingerprint density at radius 1 is 1.75 bits per heavy atom. The first-order valence-electron chi connectivity index (χ1n) is 2.57. The number of hydrogen-bond acceptors (Lipinski definition) is 1. The number of carbonyl (C=O) groups is 1. The lowest BCUT2D eigenvalue weighted by molar-refractivity contribution is -0.118. The number of amides is 1. The third-order valence-corrected chi connectivity index (χ3v) is 1.45. The molecule has 1 N–H and O–H groups in total. The molecule has 2 nitrogen and oxygen atoms in total. The van der Waals surface area contributed by atoms with Crippen LogP contribution in [0.2, 0.25) is 0 Å². The second kappa shape index (κ2) is 5.34. The molecule has 0 aliphatic heterocycles. The van der Waals surface area contributed by atoms with E-state index in [-0.39, 0.29) is 5.91 Å². The van der Waals surface area contributed by atoms with E-state index in [1.807, 2.05) is 0 Å². The molecule has 0 heterocycles. The van der Waals surface area contributed by atoms with Crippen LogP contribution in [0.1, 0.15) is 13.3 Å². The molecular formula is C5H10INO. The van der Waals surface area contributed by atoms with Gasteiger partial charge in [0.05, 0.1) is 0 Å². The Bertz CT molecular complexity index is 74.8. The normalized spacial score (nSPS) is 8.75. The van der Waals surface area contributed by atoms with Gasteiger partial charge in [0.15, 0.2) is 0 Å². The summed E-state index contributed by atoms with van der Waals surface area (Å²) in [6, 6.07) is 0. The van der Waals surface area contributed by atoms with Crippen LogP contribution in [0, 0.1) is 0 Å². The molecular weight excluding hydrogens is 217 g/mol. The van der Waals surface area contributed by atoms with Crippen molar-refractivity contribution < 1.29 is 4.79 Å². The zero-order chi connectivity index (χ0) is 6.41. The highest BCUT2D eigenvalue weighted by Crippen LogP contribution is 1.84. The lowest BCUT2D eigenvalue weighted by atomic mass is 10.5. The van der Waals surface area contributed by atoms with Crippen LogP contribution in [-0.4, -0.2) is 16.9 Å². The van der Waals surface area contributed by atoms with Crippen LogP contribution in [-0.2, 0) is 4.79 Å². The smallest absolute Gasteiger partial charge is 0.216 e. The van der Waals surface area contributed by atoms with Crippen molar-refractivity contribution in [3.8, 4) is 0 Å². The highest BCUT2D eigenvalue weighted by Gasteiger charge is 1.86. The van der Waals surface area contributed by atoms with Crippen LogP contribution in [0.15, 0.2) is 0 Å². The first-order chi connectivity index (χ1) is 3.77. The summed E-state index contributed by atoms with van der Waals surface area (Å²) in [6.07, 6.45) is 1.07. The third kappa shape index (κ3) is 6.20. The van der Waals surface area contributed by atoms with E-state index in [1.165, 1.54) is 6.92 Å². The van der Waals surface area contributed by atoms with E-state index in [1.54, 1.807) is 0 Å². The summed E-state index contributed by atoms with van der Waals surface area (Å²) in [5.41, 5.74) is 0. The Hall–Kier alpha value is 0.200. The first-order valence-corrected chi connectivity index (χ1v) is 4.10. The van der Waals surface area contributed by atoms with Crippen LogP contribution < -0.4 is 5.32 Å². The Balaban J connectivity index is 2.82. The van der Waals surface area contributed by atoms with E-state index in [0.717, 1.165) is 17.4 Å². The Kier molecular flexibility index (Phi) is 5.47. The Morgan fingerprint density at radius 2 is 2.38 bits per heavy atom. The van der Waals surface area contributed by atoms with Gasteiger partial charge in [0.1, 0.15) is 0 Å². The number of nitrogens with one attached hydrogen (secondary N) is 1. The molecule has 0 aromatic rings. The second-order valence-electron chi connectivity index (χ2n) is 1.53. The highest BCUT2D eigenvalue weighted by molar-refractivity contribution is 14.1. The molecule has 0 spiro atoms. The quantitative estimate of drug-likeness (QED) is 0.434. The minimum absolute atomic E-state index is 0.0647. The van der Waals surface area contributed by atoms with Gasteiger partial charge in [-0.15, -0.1) is 0 Å². The van der Waals surface area contributed by atoms with Crippen molar-refractivity contribution in [3.63, 3.8) is 0 Å². The van der Waals surface area contributed by atoms with E-state index in [9.17, 15) is 4.79 Å². The van der Waals surface area contributed by atoms with Crippen molar-refractivity contribution in [1.29, 1.82) is 0 Å². The van der Waals surface area contributed by atoms with Crippen molar-refractivity contribution in [3.05, 3.63) is 0 Å². The fourth-order valence-corrected chi connectivity index (χ4v) is 0.713. The average Bonchev–Trinajstić information content (AvgIpc) is 1.66. The molecule has 3 heteroatoms. The summed E-state index contributed by atoms with van der Waals surface area (Å²) in [5, 5.41) is 2.70. The van der Waals surface area contributed by atoms with Gasteiger partial charge < -0.3 is 5.32 Å². The second-order valence-corrected chi connectivity index (χ2v) is 2.60. The lowest BCUT2D eigenvalue weighted by Crippen LogP contribution is -2.20. The van der Waals surface area contributed by atoms with Gasteiger partial charge in [0.25, 0.3) is 0 Å². The van der Waals surface area contributed by atoms with E-state index in [0.29, 0.717) is 0 Å². The highest BCUT2D eigenvalue weighted by atomic mass is 127. The monoisotopic (exact) mass is 227 g/mol. The average molecular weight is 227 g/mol. The molecule has 0 rings (SSSR count). The van der Waals surface area contributed by atoms with E-state index in [4.69, 9.17) is 0 Å². The molecule has 8 heavy (non-hydrogen) atoms. The maximum absolute atomic E-state index is 10.2. The number of halogens is 1.